The van der Waals surface area contributed by atoms with E-state index in [2.05, 4.69) is 10.3 Å². The van der Waals surface area contributed by atoms with Gasteiger partial charge in [-0.05, 0) is 24.3 Å². The summed E-state index contributed by atoms with van der Waals surface area (Å²) < 4.78 is 6.10. The number of carbonyl (C=O) groups is 2. The fraction of sp³-hybridized carbons (Fsp3) is 0.118. The second kappa shape index (κ2) is 8.23. The van der Waals surface area contributed by atoms with Gasteiger partial charge < -0.3 is 15.8 Å². The Bertz CT molecular complexity index is 1080. The molecule has 0 saturated carbocycles. The summed E-state index contributed by atoms with van der Waals surface area (Å²) >= 11 is 2.28. The van der Waals surface area contributed by atoms with E-state index in [4.69, 9.17) is 10.5 Å². The van der Waals surface area contributed by atoms with Gasteiger partial charge in [-0.3, -0.25) is 19.7 Å². The van der Waals surface area contributed by atoms with Crippen molar-refractivity contribution in [3.05, 3.63) is 52.1 Å². The van der Waals surface area contributed by atoms with Gasteiger partial charge >= 0.3 is 0 Å². The molecule has 0 fully saturated rings. The summed E-state index contributed by atoms with van der Waals surface area (Å²) in [6.45, 7) is 0. The molecule has 0 aliphatic rings. The molecule has 3 rings (SSSR count). The number of benzene rings is 2. The van der Waals surface area contributed by atoms with E-state index in [9.17, 15) is 19.7 Å². The molecule has 0 spiro atoms. The lowest BCUT2D eigenvalue weighted by Crippen LogP contribution is -2.14. The third-order valence-electron chi connectivity index (χ3n) is 3.65. The smallest absolute Gasteiger partial charge is 0.283 e. The minimum atomic E-state index is -0.761. The standard InChI is InChI=1S/C17H14N4O5S2/c1-26-11-3-2-4-13-15(11)20-17(28-13)19-14(22)8-27-12-6-5-9(16(18)23)7-10(12)21(24)25/h2-7H,8H2,1H3,(H2,18,23)(H,19,20,22). The van der Waals surface area contributed by atoms with Crippen molar-refractivity contribution in [2.75, 3.05) is 18.2 Å². The van der Waals surface area contributed by atoms with Crippen LogP contribution in [0.5, 0.6) is 5.75 Å². The molecular formula is C17H14N4O5S2. The van der Waals surface area contributed by atoms with Crippen molar-refractivity contribution in [3.8, 4) is 5.75 Å². The van der Waals surface area contributed by atoms with Crippen LogP contribution in [0.15, 0.2) is 41.3 Å². The van der Waals surface area contributed by atoms with Gasteiger partial charge in [-0.1, -0.05) is 17.4 Å². The molecule has 0 bridgehead atoms. The van der Waals surface area contributed by atoms with E-state index in [0.717, 1.165) is 22.5 Å². The van der Waals surface area contributed by atoms with Crippen LogP contribution in [-0.2, 0) is 4.79 Å². The number of ether oxygens (including phenoxy) is 1. The van der Waals surface area contributed by atoms with Crippen molar-refractivity contribution in [2.24, 2.45) is 5.73 Å². The highest BCUT2D eigenvalue weighted by atomic mass is 32.2. The van der Waals surface area contributed by atoms with Gasteiger partial charge in [-0.25, -0.2) is 4.98 Å². The van der Waals surface area contributed by atoms with Gasteiger partial charge in [0, 0.05) is 11.6 Å². The molecule has 0 aliphatic carbocycles. The average molecular weight is 418 g/mol. The summed E-state index contributed by atoms with van der Waals surface area (Å²) in [6, 6.07) is 9.36. The van der Waals surface area contributed by atoms with Crippen LogP contribution in [0.25, 0.3) is 10.2 Å². The summed E-state index contributed by atoms with van der Waals surface area (Å²) in [7, 11) is 1.54. The summed E-state index contributed by atoms with van der Waals surface area (Å²) in [5, 5.41) is 14.3. The summed E-state index contributed by atoms with van der Waals surface area (Å²) in [5.41, 5.74) is 5.55. The Morgan fingerprint density at radius 2 is 2.14 bits per heavy atom. The lowest BCUT2D eigenvalue weighted by Gasteiger charge is -2.04. The highest BCUT2D eigenvalue weighted by Gasteiger charge is 2.18. The second-order valence-electron chi connectivity index (χ2n) is 5.47. The number of nitro benzene ring substituents is 1. The van der Waals surface area contributed by atoms with Crippen molar-refractivity contribution >= 4 is 55.9 Å². The molecule has 2 aromatic carbocycles. The monoisotopic (exact) mass is 418 g/mol. The molecule has 2 amide bonds. The summed E-state index contributed by atoms with van der Waals surface area (Å²) in [6.07, 6.45) is 0. The fourth-order valence-corrected chi connectivity index (χ4v) is 4.08. The topological polar surface area (TPSA) is 137 Å². The van der Waals surface area contributed by atoms with Gasteiger partial charge in [0.25, 0.3) is 5.69 Å². The number of carbonyl (C=O) groups excluding carboxylic acids is 2. The third kappa shape index (κ3) is 4.21. The Hall–Kier alpha value is -3.18. The van der Waals surface area contributed by atoms with Crippen molar-refractivity contribution < 1.29 is 19.2 Å². The second-order valence-corrected chi connectivity index (χ2v) is 7.51. The molecule has 0 atom stereocenters. The first-order valence-corrected chi connectivity index (χ1v) is 9.63. The molecule has 3 aromatic rings. The number of nitrogens with one attached hydrogen (secondary N) is 1. The number of aromatic nitrogens is 1. The predicted molar refractivity (Wildman–Crippen MR) is 107 cm³/mol. The van der Waals surface area contributed by atoms with E-state index < -0.39 is 10.8 Å². The number of rotatable bonds is 7. The lowest BCUT2D eigenvalue weighted by atomic mass is 10.2. The first-order valence-electron chi connectivity index (χ1n) is 7.83. The molecule has 0 radical (unpaired) electrons. The number of para-hydroxylation sites is 1. The molecule has 9 nitrogen and oxygen atoms in total. The van der Waals surface area contributed by atoms with Crippen LogP contribution < -0.4 is 15.8 Å². The number of thiazole rings is 1. The Kier molecular flexibility index (Phi) is 5.76. The predicted octanol–water partition coefficient (Wildman–Crippen LogP) is 3.04. The number of thioether (sulfide) groups is 1. The lowest BCUT2D eigenvalue weighted by molar-refractivity contribution is -0.387. The van der Waals surface area contributed by atoms with Gasteiger partial charge in [0.1, 0.15) is 11.3 Å². The van der Waals surface area contributed by atoms with Crippen LogP contribution in [-0.4, -0.2) is 34.6 Å². The van der Waals surface area contributed by atoms with Gasteiger partial charge in [0.05, 0.1) is 27.4 Å². The Balaban J connectivity index is 1.71. The number of fused-ring (bicyclic) bond motifs is 1. The highest BCUT2D eigenvalue weighted by Crippen LogP contribution is 2.33. The zero-order chi connectivity index (χ0) is 20.3. The molecule has 11 heteroatoms. The van der Waals surface area contributed by atoms with E-state index >= 15 is 0 Å². The van der Waals surface area contributed by atoms with E-state index in [0.29, 0.717) is 16.4 Å². The molecule has 1 aromatic heterocycles. The van der Waals surface area contributed by atoms with E-state index in [1.165, 1.54) is 23.5 Å². The van der Waals surface area contributed by atoms with E-state index in [1.54, 1.807) is 13.2 Å². The molecule has 3 N–H and O–H groups in total. The molecule has 144 valence electrons. The maximum absolute atomic E-state index is 12.2. The van der Waals surface area contributed by atoms with Gasteiger partial charge in [0.15, 0.2) is 5.13 Å². The van der Waals surface area contributed by atoms with Gasteiger partial charge in [-0.2, -0.15) is 0 Å². The number of anilines is 1. The largest absolute Gasteiger partial charge is 0.494 e. The minimum Gasteiger partial charge on any atom is -0.494 e. The van der Waals surface area contributed by atoms with Crippen LogP contribution in [0.3, 0.4) is 0 Å². The third-order valence-corrected chi connectivity index (χ3v) is 5.65. The quantitative estimate of drug-likeness (QED) is 0.342. The highest BCUT2D eigenvalue weighted by molar-refractivity contribution is 8.00. The Morgan fingerprint density at radius 3 is 2.82 bits per heavy atom. The average Bonchev–Trinajstić information content (AvgIpc) is 3.08. The number of amides is 2. The normalized spacial score (nSPS) is 10.6. The SMILES string of the molecule is COc1cccc2sc(NC(=O)CSc3ccc(C(N)=O)cc3[N+](=O)[O-])nc12. The number of nitro groups is 1. The number of methoxy groups -OCH3 is 1. The fourth-order valence-electron chi connectivity index (χ4n) is 2.38. The maximum Gasteiger partial charge on any atom is 0.283 e. The molecule has 0 aliphatic heterocycles. The number of primary amides is 1. The van der Waals surface area contributed by atoms with Gasteiger partial charge in [0.2, 0.25) is 11.8 Å². The zero-order valence-corrected chi connectivity index (χ0v) is 16.1. The number of nitrogens with zero attached hydrogens (tertiary/aromatic N) is 2. The van der Waals surface area contributed by atoms with Crippen LogP contribution in [0, 0.1) is 10.1 Å². The minimum absolute atomic E-state index is 0.0314. The maximum atomic E-state index is 12.2. The van der Waals surface area contributed by atoms with E-state index in [1.807, 2.05) is 12.1 Å². The summed E-state index contributed by atoms with van der Waals surface area (Å²) in [4.78, 5) is 38.6. The number of nitrogens with two attached hydrogens (primary N) is 1. The number of hydrogen-bond donors (Lipinski definition) is 2. The Morgan fingerprint density at radius 1 is 1.36 bits per heavy atom. The van der Waals surface area contributed by atoms with Crippen molar-refractivity contribution in [3.63, 3.8) is 0 Å². The molecular weight excluding hydrogens is 404 g/mol. The molecule has 0 unspecified atom stereocenters. The van der Waals surface area contributed by atoms with Crippen molar-refractivity contribution in [1.29, 1.82) is 0 Å². The molecule has 28 heavy (non-hydrogen) atoms. The van der Waals surface area contributed by atoms with Crippen LogP contribution in [0.1, 0.15) is 10.4 Å². The number of hydrogen-bond acceptors (Lipinski definition) is 8. The van der Waals surface area contributed by atoms with Crippen LogP contribution >= 0.6 is 23.1 Å². The van der Waals surface area contributed by atoms with Gasteiger partial charge in [-0.15, -0.1) is 11.8 Å². The van der Waals surface area contributed by atoms with E-state index in [-0.39, 0.29) is 27.8 Å². The van der Waals surface area contributed by atoms with Crippen molar-refractivity contribution in [1.82, 2.24) is 4.98 Å². The first-order chi connectivity index (χ1) is 13.4. The molecule has 1 heterocycles. The zero-order valence-electron chi connectivity index (χ0n) is 14.5. The first kappa shape index (κ1) is 19.6. The summed E-state index contributed by atoms with van der Waals surface area (Å²) in [5.74, 6) is -0.585. The molecule has 0 saturated heterocycles. The van der Waals surface area contributed by atoms with Crippen LogP contribution in [0.4, 0.5) is 10.8 Å². The Labute approximate surface area is 167 Å². The van der Waals surface area contributed by atoms with Crippen LogP contribution in [0.2, 0.25) is 0 Å². The van der Waals surface area contributed by atoms with Crippen molar-refractivity contribution in [2.45, 2.75) is 4.90 Å².